The summed E-state index contributed by atoms with van der Waals surface area (Å²) in [5.74, 6) is 0. The van der Waals surface area contributed by atoms with Gasteiger partial charge in [0.05, 0.1) is 0 Å². The van der Waals surface area contributed by atoms with Crippen molar-refractivity contribution in [3.63, 3.8) is 0 Å². The van der Waals surface area contributed by atoms with E-state index in [1.165, 1.54) is 0 Å². The van der Waals surface area contributed by atoms with E-state index in [0.29, 0.717) is 0 Å². The van der Waals surface area contributed by atoms with Crippen LogP contribution in [-0.4, -0.2) is 35.8 Å². The number of ether oxygens (including phenoxy) is 1. The lowest BCUT2D eigenvalue weighted by Crippen LogP contribution is -2.36. The molecule has 0 spiro atoms. The molecule has 0 aromatic rings. The molecule has 88 valence electrons. The Morgan fingerprint density at radius 2 is 2.13 bits per heavy atom. The molecule has 1 rings (SSSR count). The summed E-state index contributed by atoms with van der Waals surface area (Å²) in [4.78, 5) is 13.6. The molecule has 3 nitrogen and oxygen atoms in total. The highest BCUT2D eigenvalue weighted by Crippen LogP contribution is 2.32. The lowest BCUT2D eigenvalue weighted by molar-refractivity contribution is 0.0279. The van der Waals surface area contributed by atoms with Gasteiger partial charge >= 0.3 is 6.09 Å². The van der Waals surface area contributed by atoms with E-state index in [4.69, 9.17) is 4.74 Å². The minimum Gasteiger partial charge on any atom is -0.444 e. The van der Waals surface area contributed by atoms with Crippen molar-refractivity contribution in [2.75, 3.05) is 19.3 Å². The number of nitrogens with zero attached hydrogens (tertiary/aromatic N) is 1. The molecule has 1 saturated heterocycles. The summed E-state index contributed by atoms with van der Waals surface area (Å²) in [5, 5.41) is 0. The molecule has 2 atom stereocenters. The molecule has 1 fully saturated rings. The van der Waals surface area contributed by atoms with E-state index in [9.17, 15) is 4.79 Å². The van der Waals surface area contributed by atoms with Crippen LogP contribution < -0.4 is 0 Å². The van der Waals surface area contributed by atoms with E-state index >= 15 is 0 Å². The molecule has 0 radical (unpaired) electrons. The van der Waals surface area contributed by atoms with Gasteiger partial charge < -0.3 is 9.64 Å². The Kier molecular flexibility index (Phi) is 3.65. The van der Waals surface area contributed by atoms with Crippen molar-refractivity contribution in [3.05, 3.63) is 0 Å². The summed E-state index contributed by atoms with van der Waals surface area (Å²) >= 11 is 0. The molecule has 0 aromatic heterocycles. The zero-order valence-corrected chi connectivity index (χ0v) is 11.3. The lowest BCUT2D eigenvalue weighted by Gasteiger charge is -2.26. The molecule has 2 unspecified atom stereocenters. The van der Waals surface area contributed by atoms with Gasteiger partial charge in [0.25, 0.3) is 0 Å². The summed E-state index contributed by atoms with van der Waals surface area (Å²) in [6, 6.07) is 0. The fraction of sp³-hybridized carbons (Fsp3) is 0.909. The van der Waals surface area contributed by atoms with Gasteiger partial charge in [0.15, 0.2) is 0 Å². The second-order valence-corrected chi connectivity index (χ2v) is 6.07. The maximum atomic E-state index is 11.8. The molecular formula is C11H22NO2P. The van der Waals surface area contributed by atoms with E-state index in [2.05, 4.69) is 16.2 Å². The molecule has 0 aliphatic carbocycles. The van der Waals surface area contributed by atoms with Crippen molar-refractivity contribution >= 4 is 15.3 Å². The zero-order chi connectivity index (χ0) is 11.7. The van der Waals surface area contributed by atoms with Crippen LogP contribution in [0.3, 0.4) is 0 Å². The van der Waals surface area contributed by atoms with Crippen molar-refractivity contribution < 1.29 is 9.53 Å². The van der Waals surface area contributed by atoms with Crippen molar-refractivity contribution in [2.45, 2.75) is 39.7 Å². The predicted octanol–water partition coefficient (Wildman–Crippen LogP) is 2.51. The molecular weight excluding hydrogens is 209 g/mol. The van der Waals surface area contributed by atoms with Crippen molar-refractivity contribution in [1.82, 2.24) is 4.90 Å². The molecule has 1 heterocycles. The van der Waals surface area contributed by atoms with E-state index in [-0.39, 0.29) is 11.5 Å². The molecule has 0 N–H and O–H groups in total. The van der Waals surface area contributed by atoms with Crippen LogP contribution in [0.1, 0.15) is 34.1 Å². The number of carbonyl (C=O) groups is 1. The number of amides is 1. The van der Waals surface area contributed by atoms with E-state index in [0.717, 1.165) is 25.7 Å². The normalized spacial score (nSPS) is 26.9. The maximum absolute atomic E-state index is 11.8. The molecule has 1 aliphatic heterocycles. The molecule has 1 aliphatic rings. The Bertz CT molecular complexity index is 249. The van der Waals surface area contributed by atoms with Crippen LogP contribution >= 0.6 is 9.24 Å². The minimum absolute atomic E-state index is 0.176. The van der Waals surface area contributed by atoms with Gasteiger partial charge in [0, 0.05) is 13.1 Å². The SMILES string of the molecule is CC1(CP)CCN(C(=O)OC(C)(C)C)C1. The predicted molar refractivity (Wildman–Crippen MR) is 65.1 cm³/mol. The first-order chi connectivity index (χ1) is 6.76. The van der Waals surface area contributed by atoms with Crippen molar-refractivity contribution in [2.24, 2.45) is 5.41 Å². The minimum atomic E-state index is -0.392. The fourth-order valence-corrected chi connectivity index (χ4v) is 2.01. The Morgan fingerprint density at radius 3 is 2.53 bits per heavy atom. The second kappa shape index (κ2) is 4.29. The van der Waals surface area contributed by atoms with Gasteiger partial charge in [-0.05, 0) is 38.8 Å². The van der Waals surface area contributed by atoms with Crippen LogP contribution in [0.15, 0.2) is 0 Å². The van der Waals surface area contributed by atoms with Gasteiger partial charge in [-0.1, -0.05) is 6.92 Å². The number of carbonyl (C=O) groups excluding carboxylic acids is 1. The number of hydrogen-bond acceptors (Lipinski definition) is 2. The average Bonchev–Trinajstić information content (AvgIpc) is 2.46. The Hall–Kier alpha value is -0.300. The standard InChI is InChI=1S/C11H22NO2P/c1-10(2,3)14-9(13)12-6-5-11(4,7-12)8-15/h5-8,15H2,1-4H3. The van der Waals surface area contributed by atoms with Crippen LogP contribution in [0.25, 0.3) is 0 Å². The average molecular weight is 231 g/mol. The monoisotopic (exact) mass is 231 g/mol. The lowest BCUT2D eigenvalue weighted by atomic mass is 9.93. The summed E-state index contributed by atoms with van der Waals surface area (Å²) < 4.78 is 5.34. The van der Waals surface area contributed by atoms with Gasteiger partial charge in [-0.15, -0.1) is 9.24 Å². The van der Waals surface area contributed by atoms with Crippen molar-refractivity contribution in [1.29, 1.82) is 0 Å². The molecule has 1 amide bonds. The zero-order valence-electron chi connectivity index (χ0n) is 10.2. The topological polar surface area (TPSA) is 29.5 Å². The Morgan fingerprint density at radius 1 is 1.53 bits per heavy atom. The fourth-order valence-electron chi connectivity index (χ4n) is 1.67. The van der Waals surface area contributed by atoms with Crippen LogP contribution in [-0.2, 0) is 4.74 Å². The first-order valence-corrected chi connectivity index (χ1v) is 6.25. The highest BCUT2D eigenvalue weighted by molar-refractivity contribution is 7.16. The molecule has 15 heavy (non-hydrogen) atoms. The number of rotatable bonds is 1. The molecule has 0 bridgehead atoms. The third-order valence-corrected chi connectivity index (χ3v) is 3.69. The van der Waals surface area contributed by atoms with Gasteiger partial charge in [-0.3, -0.25) is 0 Å². The van der Waals surface area contributed by atoms with Gasteiger partial charge in [-0.25, -0.2) is 4.79 Å². The third-order valence-electron chi connectivity index (χ3n) is 2.70. The van der Waals surface area contributed by atoms with Crippen LogP contribution in [0, 0.1) is 5.41 Å². The molecule has 4 heteroatoms. The van der Waals surface area contributed by atoms with Crippen LogP contribution in [0.4, 0.5) is 4.79 Å². The number of hydrogen-bond donors (Lipinski definition) is 0. The van der Waals surface area contributed by atoms with E-state index in [1.807, 2.05) is 25.7 Å². The Labute approximate surface area is 94.7 Å². The number of likely N-dealkylation sites (tertiary alicyclic amines) is 1. The van der Waals surface area contributed by atoms with Gasteiger partial charge in [0.2, 0.25) is 0 Å². The Balaban J connectivity index is 2.51. The highest BCUT2D eigenvalue weighted by atomic mass is 31.0. The first-order valence-electron chi connectivity index (χ1n) is 5.44. The van der Waals surface area contributed by atoms with E-state index < -0.39 is 5.60 Å². The first kappa shape index (κ1) is 12.8. The highest BCUT2D eigenvalue weighted by Gasteiger charge is 2.36. The smallest absolute Gasteiger partial charge is 0.410 e. The van der Waals surface area contributed by atoms with Crippen LogP contribution in [0.2, 0.25) is 0 Å². The summed E-state index contributed by atoms with van der Waals surface area (Å²) in [5.41, 5.74) is -0.140. The van der Waals surface area contributed by atoms with Gasteiger partial charge in [-0.2, -0.15) is 0 Å². The van der Waals surface area contributed by atoms with E-state index in [1.54, 1.807) is 0 Å². The largest absolute Gasteiger partial charge is 0.444 e. The molecule has 0 aromatic carbocycles. The van der Waals surface area contributed by atoms with Gasteiger partial charge in [0.1, 0.15) is 5.60 Å². The maximum Gasteiger partial charge on any atom is 0.410 e. The summed E-state index contributed by atoms with van der Waals surface area (Å²) in [7, 11) is 2.76. The third kappa shape index (κ3) is 3.64. The summed E-state index contributed by atoms with van der Waals surface area (Å²) in [6.45, 7) is 9.54. The van der Waals surface area contributed by atoms with Crippen molar-refractivity contribution in [3.8, 4) is 0 Å². The quantitative estimate of drug-likeness (QED) is 0.649. The molecule has 0 saturated carbocycles. The summed E-state index contributed by atoms with van der Waals surface area (Å²) in [6.07, 6.45) is 1.92. The second-order valence-electron chi connectivity index (χ2n) is 5.67. The van der Waals surface area contributed by atoms with Crippen LogP contribution in [0.5, 0.6) is 0 Å².